The van der Waals surface area contributed by atoms with Crippen LogP contribution in [0, 0.1) is 5.92 Å². The number of unbranched alkanes of at least 4 members (excludes halogenated alkanes) is 2. The number of nitrogens with one attached hydrogen (secondary N) is 4. The summed E-state index contributed by atoms with van der Waals surface area (Å²) in [7, 11) is 1.46. The summed E-state index contributed by atoms with van der Waals surface area (Å²) in [5.41, 5.74) is 18.1. The van der Waals surface area contributed by atoms with Crippen LogP contribution in [0.1, 0.15) is 77.2 Å². The Hall–Kier alpha value is -4.54. The van der Waals surface area contributed by atoms with Crippen molar-refractivity contribution in [3.05, 3.63) is 42.0 Å². The van der Waals surface area contributed by atoms with Gasteiger partial charge in [-0.15, -0.1) is 0 Å². The summed E-state index contributed by atoms with van der Waals surface area (Å²) >= 11 is 0. The highest BCUT2D eigenvalue weighted by Gasteiger charge is 2.35. The number of carboxylic acid groups (broad SMARTS) is 1. The van der Waals surface area contributed by atoms with Gasteiger partial charge in [-0.1, -0.05) is 38.1 Å². The first-order chi connectivity index (χ1) is 24.7. The predicted octanol–water partition coefficient (Wildman–Crippen LogP) is -0.233. The number of nitrogens with two attached hydrogens (primary N) is 3. The number of likely N-dealkylation sites (N-methyl/N-ethyl adjacent to an activating group) is 1. The van der Waals surface area contributed by atoms with E-state index in [-0.39, 0.29) is 50.2 Å². The van der Waals surface area contributed by atoms with Crippen LogP contribution in [0.15, 0.2) is 36.4 Å². The van der Waals surface area contributed by atoms with Crippen LogP contribution in [0.3, 0.4) is 0 Å². The highest BCUT2D eigenvalue weighted by Crippen LogP contribution is 2.16. The van der Waals surface area contributed by atoms with Crippen LogP contribution in [-0.2, 0) is 35.2 Å². The lowest BCUT2D eigenvalue weighted by atomic mass is 10.0. The van der Waals surface area contributed by atoms with Crippen molar-refractivity contribution in [3.63, 3.8) is 0 Å². The summed E-state index contributed by atoms with van der Waals surface area (Å²) in [5.74, 6) is -4.44. The average Bonchev–Trinajstić information content (AvgIpc) is 3.09. The zero-order valence-corrected chi connectivity index (χ0v) is 30.5. The van der Waals surface area contributed by atoms with Crippen LogP contribution in [0.4, 0.5) is 0 Å². The molecule has 16 heteroatoms. The van der Waals surface area contributed by atoms with E-state index < -0.39 is 71.8 Å². The van der Waals surface area contributed by atoms with Gasteiger partial charge >= 0.3 is 5.97 Å². The van der Waals surface area contributed by atoms with E-state index in [9.17, 15) is 39.0 Å². The lowest BCUT2D eigenvalue weighted by Gasteiger charge is -2.33. The Bertz CT molecular complexity index is 1370. The van der Waals surface area contributed by atoms with E-state index in [4.69, 9.17) is 17.2 Å². The van der Waals surface area contributed by atoms with Crippen molar-refractivity contribution in [1.82, 2.24) is 26.2 Å². The van der Waals surface area contributed by atoms with Crippen molar-refractivity contribution >= 4 is 35.5 Å². The molecular weight excluding hydrogens is 672 g/mol. The Labute approximate surface area is 305 Å². The zero-order chi connectivity index (χ0) is 38.8. The molecule has 1 heterocycles. The molecule has 0 bridgehead atoms. The van der Waals surface area contributed by atoms with Gasteiger partial charge < -0.3 is 53.6 Å². The average molecular weight is 731 g/mol. The van der Waals surface area contributed by atoms with Crippen LogP contribution in [0.5, 0.6) is 5.75 Å². The lowest BCUT2D eigenvalue weighted by Crippen LogP contribution is -2.59. The first-order valence-electron chi connectivity index (χ1n) is 18.0. The number of benzene rings is 1. The number of amides is 5. The third kappa shape index (κ3) is 14.6. The Morgan fingerprint density at radius 2 is 1.50 bits per heavy atom. The van der Waals surface area contributed by atoms with E-state index >= 15 is 0 Å². The van der Waals surface area contributed by atoms with Gasteiger partial charge in [0, 0.05) is 13.5 Å². The maximum Gasteiger partial charge on any atom is 0.326 e. The molecule has 52 heavy (non-hydrogen) atoms. The van der Waals surface area contributed by atoms with E-state index in [1.54, 1.807) is 24.3 Å². The minimum Gasteiger partial charge on any atom is -0.508 e. The molecule has 0 aliphatic carbocycles. The monoisotopic (exact) mass is 730 g/mol. The van der Waals surface area contributed by atoms with Gasteiger partial charge in [-0.25, -0.2) is 4.79 Å². The largest absolute Gasteiger partial charge is 0.508 e. The summed E-state index contributed by atoms with van der Waals surface area (Å²) < 4.78 is 0. The van der Waals surface area contributed by atoms with E-state index in [0.29, 0.717) is 44.3 Å². The molecule has 12 N–H and O–H groups in total. The van der Waals surface area contributed by atoms with Gasteiger partial charge in [-0.05, 0) is 94.5 Å². The van der Waals surface area contributed by atoms with Crippen LogP contribution in [-0.4, -0.2) is 107 Å². The van der Waals surface area contributed by atoms with Gasteiger partial charge in [0.15, 0.2) is 0 Å². The molecule has 1 aliphatic rings. The topological polar surface area (TPSA) is 272 Å². The molecule has 16 nitrogen and oxygen atoms in total. The van der Waals surface area contributed by atoms with Crippen molar-refractivity contribution in [2.45, 2.75) is 114 Å². The Morgan fingerprint density at radius 1 is 0.885 bits per heavy atom. The van der Waals surface area contributed by atoms with Gasteiger partial charge in [-0.3, -0.25) is 24.0 Å². The lowest BCUT2D eigenvalue weighted by molar-refractivity contribution is -0.143. The molecule has 6 atom stereocenters. The fraction of sp³-hybridized carbons (Fsp3) is 0.611. The van der Waals surface area contributed by atoms with Crippen molar-refractivity contribution in [2.75, 3.05) is 20.1 Å². The van der Waals surface area contributed by atoms with E-state index in [1.165, 1.54) is 24.1 Å². The molecule has 0 saturated heterocycles. The number of aromatic hydroxyl groups is 1. The second-order valence-corrected chi connectivity index (χ2v) is 13.7. The fourth-order valence-corrected chi connectivity index (χ4v) is 5.81. The number of carbonyl (C=O) groups is 6. The highest BCUT2D eigenvalue weighted by atomic mass is 16.4. The van der Waals surface area contributed by atoms with Crippen LogP contribution in [0.2, 0.25) is 0 Å². The van der Waals surface area contributed by atoms with Crippen molar-refractivity contribution in [2.24, 2.45) is 23.1 Å². The molecule has 0 saturated carbocycles. The third-order valence-electron chi connectivity index (χ3n) is 8.84. The predicted molar refractivity (Wildman–Crippen MR) is 195 cm³/mol. The van der Waals surface area contributed by atoms with Crippen LogP contribution >= 0.6 is 0 Å². The zero-order valence-electron chi connectivity index (χ0n) is 30.5. The number of carboxylic acids is 1. The molecule has 0 fully saturated rings. The first kappa shape index (κ1) is 43.6. The number of rotatable bonds is 17. The molecule has 0 radical (unpaired) electrons. The van der Waals surface area contributed by atoms with Crippen LogP contribution < -0.4 is 38.5 Å². The third-order valence-corrected chi connectivity index (χ3v) is 8.84. The van der Waals surface area contributed by atoms with Gasteiger partial charge in [0.25, 0.3) is 0 Å². The highest BCUT2D eigenvalue weighted by molar-refractivity contribution is 5.96. The minimum atomic E-state index is -1.27. The molecule has 1 aliphatic heterocycles. The maximum atomic E-state index is 14.0. The van der Waals surface area contributed by atoms with E-state index in [1.807, 2.05) is 13.8 Å². The molecule has 1 aromatic rings. The van der Waals surface area contributed by atoms with Crippen LogP contribution in [0.25, 0.3) is 0 Å². The molecule has 5 amide bonds. The van der Waals surface area contributed by atoms with Gasteiger partial charge in [-0.2, -0.15) is 0 Å². The first-order valence-corrected chi connectivity index (χ1v) is 18.0. The summed E-state index contributed by atoms with van der Waals surface area (Å²) in [4.78, 5) is 81.6. The number of aliphatic carboxylic acids is 1. The number of hydrogen-bond acceptors (Lipinski definition) is 10. The maximum absolute atomic E-state index is 14.0. The molecule has 1 aromatic carbocycles. The molecule has 290 valence electrons. The van der Waals surface area contributed by atoms with Crippen molar-refractivity contribution in [1.29, 1.82) is 0 Å². The Balaban J connectivity index is 2.48. The number of phenols is 1. The van der Waals surface area contributed by atoms with Gasteiger partial charge in [0.2, 0.25) is 29.5 Å². The number of nitrogens with zero attached hydrogens (tertiary/aromatic N) is 1. The standard InChI is InChI=1S/C36H58N8O8/c1-22(2)20-29(36(51)52)43-33(48)28(21-23-14-16-24(45)17-15-23)42-32(47)26-11-5-4-10-25(39)31(46)41-27(12-6-8-18-37)35(50)44(3)30(34(49)40-26)13-7-9-19-38/h4-5,14-17,22,25-30,45H,6-13,18-21,37-39H2,1-3H3,(H,40,49)(H,41,46)(H,42,47)(H,43,48)(H,51,52)/b5-4+/t25-,26-,27-,28-,29-,30-/m0/s1. The minimum absolute atomic E-state index is 0.00515. The molecule has 0 spiro atoms. The van der Waals surface area contributed by atoms with E-state index in [2.05, 4.69) is 21.3 Å². The van der Waals surface area contributed by atoms with Crippen molar-refractivity contribution < 1.29 is 39.0 Å². The van der Waals surface area contributed by atoms with E-state index in [0.717, 1.165) is 0 Å². The summed E-state index contributed by atoms with van der Waals surface area (Å²) in [6, 6.07) is -0.740. The van der Waals surface area contributed by atoms with Gasteiger partial charge in [0.05, 0.1) is 6.04 Å². The second kappa shape index (κ2) is 22.4. The fourth-order valence-electron chi connectivity index (χ4n) is 5.81. The normalized spacial score (nSPS) is 22.1. The second-order valence-electron chi connectivity index (χ2n) is 13.7. The van der Waals surface area contributed by atoms with Crippen molar-refractivity contribution in [3.8, 4) is 5.75 Å². The number of phenolic OH excluding ortho intramolecular Hbond substituents is 1. The Kier molecular flexibility index (Phi) is 18.8. The summed E-state index contributed by atoms with van der Waals surface area (Å²) in [5, 5.41) is 30.2. The summed E-state index contributed by atoms with van der Waals surface area (Å²) in [6.45, 7) is 4.40. The smallest absolute Gasteiger partial charge is 0.326 e. The Morgan fingerprint density at radius 3 is 2.10 bits per heavy atom. The molecule has 0 unspecified atom stereocenters. The molecule has 2 rings (SSSR count). The SMILES string of the molecule is CC(C)C[C@H](NC(=O)[C@H](Cc1ccc(O)cc1)NC(=O)[C@@H]1C/C=C/C[C@H](N)C(=O)N[C@@H](CCCCN)C(=O)N(C)[C@@H](CCCCN)C(=O)N1)C(=O)O. The molecular formula is C36H58N8O8. The van der Waals surface area contributed by atoms with Gasteiger partial charge in [0.1, 0.15) is 36.0 Å². The molecule has 0 aromatic heterocycles. The summed E-state index contributed by atoms with van der Waals surface area (Å²) in [6.07, 6.45) is 6.04. The quantitative estimate of drug-likeness (QED) is 0.0746. The number of carbonyl (C=O) groups excluding carboxylic acids is 5. The number of hydrogen-bond donors (Lipinski definition) is 9.